The summed E-state index contributed by atoms with van der Waals surface area (Å²) in [6, 6.07) is 59.5. The average molecular weight is 601 g/mol. The molecular formula is C45H32N2. The predicted molar refractivity (Wildman–Crippen MR) is 200 cm³/mol. The van der Waals surface area contributed by atoms with Gasteiger partial charge in [0.15, 0.2) is 0 Å². The van der Waals surface area contributed by atoms with Crippen LogP contribution in [0.4, 0.5) is 0 Å². The fraction of sp³-hybridized carbons (Fsp3) is 0.0444. The van der Waals surface area contributed by atoms with E-state index in [1.165, 1.54) is 65.7 Å². The van der Waals surface area contributed by atoms with Crippen LogP contribution in [0.3, 0.4) is 0 Å². The van der Waals surface area contributed by atoms with Crippen LogP contribution in [-0.4, -0.2) is 9.55 Å². The molecule has 9 aromatic rings. The first-order valence-corrected chi connectivity index (χ1v) is 16.4. The quantitative estimate of drug-likeness (QED) is 0.180. The number of fused-ring (bicyclic) bond motifs is 4. The van der Waals surface area contributed by atoms with Gasteiger partial charge in [0.25, 0.3) is 0 Å². The number of hydrogen-bond acceptors (Lipinski definition) is 1. The summed E-state index contributed by atoms with van der Waals surface area (Å²) in [5.41, 5.74) is 10.7. The van der Waals surface area contributed by atoms with E-state index in [4.69, 9.17) is 4.98 Å². The number of imidazole rings is 1. The van der Waals surface area contributed by atoms with Crippen LogP contribution >= 0.6 is 0 Å². The molecule has 0 unspecified atom stereocenters. The number of aryl methyl sites for hydroxylation is 1. The fourth-order valence-corrected chi connectivity index (χ4v) is 7.46. The van der Waals surface area contributed by atoms with Crippen molar-refractivity contribution >= 4 is 43.4 Å². The molecule has 0 N–H and O–H groups in total. The van der Waals surface area contributed by atoms with E-state index < -0.39 is 0 Å². The van der Waals surface area contributed by atoms with E-state index >= 15 is 0 Å². The summed E-state index contributed by atoms with van der Waals surface area (Å²) >= 11 is 0. The first-order valence-electron chi connectivity index (χ1n) is 16.4. The number of para-hydroxylation sites is 2. The first-order chi connectivity index (χ1) is 23.3. The highest BCUT2D eigenvalue weighted by Gasteiger charge is 2.20. The van der Waals surface area contributed by atoms with Crippen LogP contribution in [0.1, 0.15) is 6.92 Å². The van der Waals surface area contributed by atoms with Crippen molar-refractivity contribution in [2.24, 2.45) is 0 Å². The molecule has 0 atom stereocenters. The highest BCUT2D eigenvalue weighted by molar-refractivity contribution is 6.22. The molecule has 0 spiro atoms. The van der Waals surface area contributed by atoms with Gasteiger partial charge < -0.3 is 4.57 Å². The molecule has 0 fully saturated rings. The maximum absolute atomic E-state index is 5.14. The molecular weight excluding hydrogens is 569 g/mol. The summed E-state index contributed by atoms with van der Waals surface area (Å²) in [5, 5.41) is 7.48. The molecule has 0 bridgehead atoms. The Labute approximate surface area is 274 Å². The lowest BCUT2D eigenvalue weighted by molar-refractivity contribution is 0.796. The van der Waals surface area contributed by atoms with Gasteiger partial charge in [0.2, 0.25) is 0 Å². The standard InChI is InChI=1S/C45H32N2/c1-2-47-42-23-12-11-22-41(42)46-45(47)34-25-27-38-40(29-34)44(32-17-7-4-8-18-32)37-26-24-33(28-39(37)43(38)31-15-5-3-6-16-31)36-21-13-19-30-14-9-10-20-35(30)36/h3-29H,2H2,1H3. The Balaban J connectivity index is 1.40. The lowest BCUT2D eigenvalue weighted by Gasteiger charge is -2.20. The zero-order chi connectivity index (χ0) is 31.3. The van der Waals surface area contributed by atoms with Crippen molar-refractivity contribution in [1.82, 2.24) is 9.55 Å². The maximum atomic E-state index is 5.14. The van der Waals surface area contributed by atoms with Crippen LogP contribution < -0.4 is 0 Å². The van der Waals surface area contributed by atoms with E-state index in [2.05, 4.69) is 175 Å². The van der Waals surface area contributed by atoms with Gasteiger partial charge in [0, 0.05) is 12.1 Å². The minimum Gasteiger partial charge on any atom is -0.324 e. The van der Waals surface area contributed by atoms with Crippen molar-refractivity contribution in [2.45, 2.75) is 13.5 Å². The third kappa shape index (κ3) is 4.45. The van der Waals surface area contributed by atoms with Crippen LogP contribution in [0.5, 0.6) is 0 Å². The van der Waals surface area contributed by atoms with Crippen LogP contribution in [0.15, 0.2) is 164 Å². The van der Waals surface area contributed by atoms with Crippen molar-refractivity contribution in [3.63, 3.8) is 0 Å². The number of aromatic nitrogens is 2. The van der Waals surface area contributed by atoms with E-state index in [9.17, 15) is 0 Å². The van der Waals surface area contributed by atoms with Crippen molar-refractivity contribution in [2.75, 3.05) is 0 Å². The summed E-state index contributed by atoms with van der Waals surface area (Å²) in [6.07, 6.45) is 0. The average Bonchev–Trinajstić information content (AvgIpc) is 3.52. The van der Waals surface area contributed by atoms with Gasteiger partial charge in [-0.25, -0.2) is 4.98 Å². The topological polar surface area (TPSA) is 17.8 Å². The Morgan fingerprint density at radius 2 is 1.02 bits per heavy atom. The number of nitrogens with zero attached hydrogens (tertiary/aromatic N) is 2. The first kappa shape index (κ1) is 27.3. The Morgan fingerprint density at radius 3 is 1.72 bits per heavy atom. The van der Waals surface area contributed by atoms with Gasteiger partial charge in [0.1, 0.15) is 5.82 Å². The van der Waals surface area contributed by atoms with E-state index in [1.54, 1.807) is 0 Å². The molecule has 8 aromatic carbocycles. The molecule has 0 saturated carbocycles. The Kier molecular flexibility index (Phi) is 6.46. The molecule has 0 radical (unpaired) electrons. The fourth-order valence-electron chi connectivity index (χ4n) is 7.46. The molecule has 9 rings (SSSR count). The van der Waals surface area contributed by atoms with Gasteiger partial charge >= 0.3 is 0 Å². The lowest BCUT2D eigenvalue weighted by Crippen LogP contribution is -1.98. The molecule has 47 heavy (non-hydrogen) atoms. The van der Waals surface area contributed by atoms with Crippen molar-refractivity contribution < 1.29 is 0 Å². The minimum atomic E-state index is 0.851. The van der Waals surface area contributed by atoms with Gasteiger partial charge in [-0.05, 0) is 96.9 Å². The number of rotatable bonds is 5. The SMILES string of the molecule is CCn1c(-c2ccc3c(-c4ccccc4)c4cc(-c5cccc6ccccc56)ccc4c(-c4ccccc4)c3c2)nc2ccccc21. The van der Waals surface area contributed by atoms with Crippen molar-refractivity contribution in [3.8, 4) is 44.8 Å². The highest BCUT2D eigenvalue weighted by Crippen LogP contribution is 2.46. The summed E-state index contributed by atoms with van der Waals surface area (Å²) in [7, 11) is 0. The Hall–Kier alpha value is -5.99. The molecule has 0 aliphatic carbocycles. The van der Waals surface area contributed by atoms with Crippen molar-refractivity contribution in [3.05, 3.63) is 164 Å². The predicted octanol–water partition coefficient (Wildman–Crippen LogP) is 12.2. The molecule has 0 amide bonds. The molecule has 2 nitrogen and oxygen atoms in total. The molecule has 0 saturated heterocycles. The van der Waals surface area contributed by atoms with Gasteiger partial charge in [0.05, 0.1) is 11.0 Å². The normalized spacial score (nSPS) is 11.6. The number of benzene rings is 8. The van der Waals surface area contributed by atoms with Gasteiger partial charge in [-0.15, -0.1) is 0 Å². The lowest BCUT2D eigenvalue weighted by atomic mass is 9.84. The summed E-state index contributed by atoms with van der Waals surface area (Å²) < 4.78 is 2.33. The van der Waals surface area contributed by atoms with Crippen LogP contribution in [0, 0.1) is 0 Å². The third-order valence-electron chi connectivity index (χ3n) is 9.57. The second-order valence-corrected chi connectivity index (χ2v) is 12.2. The van der Waals surface area contributed by atoms with Crippen LogP contribution in [0.2, 0.25) is 0 Å². The summed E-state index contributed by atoms with van der Waals surface area (Å²) in [6.45, 7) is 3.05. The zero-order valence-electron chi connectivity index (χ0n) is 26.2. The highest BCUT2D eigenvalue weighted by atomic mass is 15.1. The second-order valence-electron chi connectivity index (χ2n) is 12.2. The zero-order valence-corrected chi connectivity index (χ0v) is 26.2. The summed E-state index contributed by atoms with van der Waals surface area (Å²) in [5.74, 6) is 1.00. The Morgan fingerprint density at radius 1 is 0.447 bits per heavy atom. The summed E-state index contributed by atoms with van der Waals surface area (Å²) in [4.78, 5) is 5.14. The van der Waals surface area contributed by atoms with E-state index in [1.807, 2.05) is 0 Å². The van der Waals surface area contributed by atoms with E-state index in [-0.39, 0.29) is 0 Å². The van der Waals surface area contributed by atoms with Gasteiger partial charge in [-0.1, -0.05) is 140 Å². The third-order valence-corrected chi connectivity index (χ3v) is 9.57. The van der Waals surface area contributed by atoms with E-state index in [0.29, 0.717) is 0 Å². The molecule has 0 aliphatic rings. The van der Waals surface area contributed by atoms with Crippen molar-refractivity contribution in [1.29, 1.82) is 0 Å². The second kappa shape index (κ2) is 11.1. The smallest absolute Gasteiger partial charge is 0.141 e. The van der Waals surface area contributed by atoms with Crippen LogP contribution in [0.25, 0.3) is 88.1 Å². The Bertz CT molecular complexity index is 2590. The monoisotopic (exact) mass is 600 g/mol. The van der Waals surface area contributed by atoms with Gasteiger partial charge in [-0.2, -0.15) is 0 Å². The maximum Gasteiger partial charge on any atom is 0.141 e. The van der Waals surface area contributed by atoms with Crippen LogP contribution in [-0.2, 0) is 6.54 Å². The van der Waals surface area contributed by atoms with Gasteiger partial charge in [-0.3, -0.25) is 0 Å². The molecule has 1 aromatic heterocycles. The van der Waals surface area contributed by atoms with E-state index in [0.717, 1.165) is 29.0 Å². The molecule has 0 aliphatic heterocycles. The molecule has 1 heterocycles. The molecule has 222 valence electrons. The number of hydrogen-bond donors (Lipinski definition) is 0. The molecule has 2 heteroatoms. The largest absolute Gasteiger partial charge is 0.324 e. The minimum absolute atomic E-state index is 0.851.